The van der Waals surface area contributed by atoms with E-state index in [9.17, 15) is 18.8 Å². The van der Waals surface area contributed by atoms with Gasteiger partial charge in [0.15, 0.2) is 0 Å². The molecule has 0 radical (unpaired) electrons. The molecule has 3 fully saturated rings. The molecule has 0 bridgehead atoms. The van der Waals surface area contributed by atoms with Gasteiger partial charge in [-0.25, -0.2) is 9.29 Å². The van der Waals surface area contributed by atoms with Crippen LogP contribution in [0.4, 0.5) is 15.8 Å². The van der Waals surface area contributed by atoms with Gasteiger partial charge in [0.1, 0.15) is 11.4 Å². The van der Waals surface area contributed by atoms with Gasteiger partial charge < -0.3 is 5.32 Å². The van der Waals surface area contributed by atoms with Gasteiger partial charge in [0.25, 0.3) is 0 Å². The van der Waals surface area contributed by atoms with Gasteiger partial charge in [-0.1, -0.05) is 11.6 Å². The van der Waals surface area contributed by atoms with Crippen molar-refractivity contribution in [1.29, 1.82) is 0 Å². The van der Waals surface area contributed by atoms with Crippen LogP contribution in [0, 0.1) is 17.7 Å². The van der Waals surface area contributed by atoms with Crippen LogP contribution >= 0.6 is 11.6 Å². The molecule has 2 aromatic carbocycles. The second-order valence-corrected chi connectivity index (χ2v) is 8.74. The number of halogens is 2. The van der Waals surface area contributed by atoms with E-state index >= 15 is 0 Å². The average molecular weight is 426 g/mol. The SMILES string of the molecule is O=C1[C@H]2[C@@H](C(=O)N1c1ccc(F)cc1)[C@@]1(C(=O)Nc3ccc(Cl)cc31)N1CCC[C@@H]21. The Bertz CT molecular complexity index is 1140. The molecular formula is C22H17ClFN3O3. The second kappa shape index (κ2) is 5.89. The van der Waals surface area contributed by atoms with Crippen LogP contribution in [0.1, 0.15) is 18.4 Å². The second-order valence-electron chi connectivity index (χ2n) is 8.31. The standard InChI is InChI=1S/C22H17ClFN3O3/c23-11-3-8-15-14(10-11)22(21(30)25-15)18-17(16-2-1-9-26(16)22)19(28)27(20(18)29)13-6-4-12(24)5-7-13/h3-8,10,16-18H,1-2,9H2,(H,25,30)/t16-,17+,18-,22-/m0/s1. The van der Waals surface area contributed by atoms with Gasteiger partial charge in [-0.3, -0.25) is 19.3 Å². The molecule has 0 aromatic heterocycles. The molecule has 1 N–H and O–H groups in total. The van der Waals surface area contributed by atoms with Crippen molar-refractivity contribution in [2.75, 3.05) is 16.8 Å². The van der Waals surface area contributed by atoms with Gasteiger partial charge in [-0.05, 0) is 61.9 Å². The quantitative estimate of drug-likeness (QED) is 0.713. The molecule has 4 aliphatic rings. The van der Waals surface area contributed by atoms with Crippen LogP contribution in [-0.4, -0.2) is 35.2 Å². The predicted octanol–water partition coefficient (Wildman–Crippen LogP) is 2.91. The van der Waals surface area contributed by atoms with Crippen LogP contribution in [0.2, 0.25) is 5.02 Å². The number of nitrogens with one attached hydrogen (secondary N) is 1. The van der Waals surface area contributed by atoms with E-state index in [2.05, 4.69) is 5.32 Å². The third-order valence-corrected chi connectivity index (χ3v) is 7.27. The molecular weight excluding hydrogens is 409 g/mol. The number of hydrogen-bond donors (Lipinski definition) is 1. The highest BCUT2D eigenvalue weighted by molar-refractivity contribution is 6.31. The zero-order chi connectivity index (χ0) is 20.8. The van der Waals surface area contributed by atoms with Crippen molar-refractivity contribution in [1.82, 2.24) is 4.90 Å². The van der Waals surface area contributed by atoms with Gasteiger partial charge in [0.2, 0.25) is 17.7 Å². The predicted molar refractivity (Wildman–Crippen MR) is 107 cm³/mol. The number of amides is 3. The Morgan fingerprint density at radius 1 is 1.07 bits per heavy atom. The first-order valence-corrected chi connectivity index (χ1v) is 10.3. The lowest BCUT2D eigenvalue weighted by atomic mass is 9.75. The highest BCUT2D eigenvalue weighted by Crippen LogP contribution is 2.60. The lowest BCUT2D eigenvalue weighted by Gasteiger charge is -2.36. The Hall–Kier alpha value is -2.77. The number of imide groups is 1. The summed E-state index contributed by atoms with van der Waals surface area (Å²) in [5, 5.41) is 3.38. The van der Waals surface area contributed by atoms with E-state index < -0.39 is 29.1 Å². The summed E-state index contributed by atoms with van der Waals surface area (Å²) in [5.41, 5.74) is 0.344. The Labute approximate surface area is 176 Å². The molecule has 0 aliphatic carbocycles. The highest BCUT2D eigenvalue weighted by atomic mass is 35.5. The largest absolute Gasteiger partial charge is 0.324 e. The van der Waals surface area contributed by atoms with Crippen molar-refractivity contribution in [3.63, 3.8) is 0 Å². The first-order valence-electron chi connectivity index (χ1n) is 9.96. The van der Waals surface area contributed by atoms with E-state index in [1.165, 1.54) is 24.3 Å². The number of rotatable bonds is 1. The fourth-order valence-electron chi connectivity index (χ4n) is 6.02. The lowest BCUT2D eigenvalue weighted by Crippen LogP contribution is -2.54. The van der Waals surface area contributed by atoms with E-state index in [4.69, 9.17) is 11.6 Å². The number of nitrogens with zero attached hydrogens (tertiary/aromatic N) is 2. The summed E-state index contributed by atoms with van der Waals surface area (Å²) < 4.78 is 13.4. The van der Waals surface area contributed by atoms with Gasteiger partial charge in [-0.15, -0.1) is 0 Å². The number of carbonyl (C=O) groups excluding carboxylic acids is 3. The van der Waals surface area contributed by atoms with Crippen LogP contribution in [0.15, 0.2) is 42.5 Å². The van der Waals surface area contributed by atoms with Crippen molar-refractivity contribution >= 4 is 40.7 Å². The van der Waals surface area contributed by atoms with Crippen molar-refractivity contribution < 1.29 is 18.8 Å². The molecule has 2 aromatic rings. The fourth-order valence-corrected chi connectivity index (χ4v) is 6.19. The summed E-state index contributed by atoms with van der Waals surface area (Å²) in [5.74, 6) is -2.96. The topological polar surface area (TPSA) is 69.7 Å². The molecule has 3 saturated heterocycles. The normalized spacial score (nSPS) is 32.0. The van der Waals surface area contributed by atoms with Crippen LogP contribution < -0.4 is 10.2 Å². The maximum Gasteiger partial charge on any atom is 0.250 e. The number of carbonyl (C=O) groups is 3. The molecule has 4 aliphatic heterocycles. The zero-order valence-electron chi connectivity index (χ0n) is 15.8. The average Bonchev–Trinajstić information content (AvgIpc) is 3.42. The Balaban J connectivity index is 1.56. The molecule has 3 amide bonds. The molecule has 1 spiro atoms. The number of anilines is 2. The molecule has 0 saturated carbocycles. The molecule has 6 rings (SSSR count). The maximum atomic E-state index is 13.7. The van der Waals surface area contributed by atoms with E-state index in [-0.39, 0.29) is 17.9 Å². The third kappa shape index (κ3) is 1.99. The van der Waals surface area contributed by atoms with Crippen LogP contribution in [0.5, 0.6) is 0 Å². The van der Waals surface area contributed by atoms with Gasteiger partial charge in [-0.2, -0.15) is 0 Å². The highest BCUT2D eigenvalue weighted by Gasteiger charge is 2.74. The van der Waals surface area contributed by atoms with Gasteiger partial charge >= 0.3 is 0 Å². The van der Waals surface area contributed by atoms with E-state index in [0.717, 1.165) is 17.7 Å². The number of fused-ring (bicyclic) bond motifs is 7. The molecule has 152 valence electrons. The monoisotopic (exact) mass is 425 g/mol. The van der Waals surface area contributed by atoms with E-state index in [1.807, 2.05) is 4.90 Å². The summed E-state index contributed by atoms with van der Waals surface area (Å²) in [6.07, 6.45) is 1.58. The van der Waals surface area contributed by atoms with Crippen molar-refractivity contribution in [2.45, 2.75) is 24.4 Å². The van der Waals surface area contributed by atoms with Crippen LogP contribution in [-0.2, 0) is 19.9 Å². The van der Waals surface area contributed by atoms with Gasteiger partial charge in [0.05, 0.1) is 17.5 Å². The minimum absolute atomic E-state index is 0.201. The molecule has 4 heterocycles. The minimum Gasteiger partial charge on any atom is -0.324 e. The number of benzene rings is 2. The Morgan fingerprint density at radius 2 is 1.83 bits per heavy atom. The zero-order valence-corrected chi connectivity index (χ0v) is 16.5. The summed E-state index contributed by atoms with van der Waals surface area (Å²) >= 11 is 6.27. The summed E-state index contributed by atoms with van der Waals surface area (Å²) in [6.45, 7) is 0.633. The molecule has 0 unspecified atom stereocenters. The Kier molecular flexibility index (Phi) is 3.54. The molecule has 6 nitrogen and oxygen atoms in total. The third-order valence-electron chi connectivity index (χ3n) is 7.04. The van der Waals surface area contributed by atoms with E-state index in [0.29, 0.717) is 28.5 Å². The molecule has 30 heavy (non-hydrogen) atoms. The summed E-state index contributed by atoms with van der Waals surface area (Å²) in [7, 11) is 0. The first kappa shape index (κ1) is 18.0. The maximum absolute atomic E-state index is 13.7. The minimum atomic E-state index is -1.26. The van der Waals surface area contributed by atoms with Crippen molar-refractivity contribution in [2.24, 2.45) is 11.8 Å². The number of hydrogen-bond acceptors (Lipinski definition) is 4. The van der Waals surface area contributed by atoms with E-state index in [1.54, 1.807) is 18.2 Å². The van der Waals surface area contributed by atoms with Crippen molar-refractivity contribution in [3.8, 4) is 0 Å². The van der Waals surface area contributed by atoms with Gasteiger partial charge in [0, 0.05) is 22.3 Å². The smallest absolute Gasteiger partial charge is 0.250 e. The van der Waals surface area contributed by atoms with Crippen molar-refractivity contribution in [3.05, 3.63) is 58.9 Å². The molecule has 4 atom stereocenters. The van der Waals surface area contributed by atoms with Crippen LogP contribution in [0.3, 0.4) is 0 Å². The summed E-state index contributed by atoms with van der Waals surface area (Å²) in [4.78, 5) is 43.8. The summed E-state index contributed by atoms with van der Waals surface area (Å²) in [6, 6.07) is 10.2. The molecule has 8 heteroatoms. The first-order chi connectivity index (χ1) is 14.4. The Morgan fingerprint density at radius 3 is 2.60 bits per heavy atom. The lowest BCUT2D eigenvalue weighted by molar-refractivity contribution is -0.135. The fraction of sp³-hybridized carbons (Fsp3) is 0.318. The van der Waals surface area contributed by atoms with Crippen LogP contribution in [0.25, 0.3) is 0 Å².